The molecule has 0 spiro atoms. The average molecular weight is 346 g/mol. The lowest BCUT2D eigenvalue weighted by Crippen LogP contribution is -2.39. The number of nitrogens with one attached hydrogen (secondary N) is 1. The van der Waals surface area contributed by atoms with Crippen molar-refractivity contribution in [3.63, 3.8) is 0 Å². The molecule has 1 aromatic heterocycles. The van der Waals surface area contributed by atoms with Crippen LogP contribution in [0, 0.1) is 6.92 Å². The second kappa shape index (κ2) is 6.53. The average Bonchev–Trinajstić information content (AvgIpc) is 2.90. The van der Waals surface area contributed by atoms with Crippen LogP contribution in [0.2, 0.25) is 0 Å². The molecule has 0 radical (unpaired) electrons. The number of aryl methyl sites for hydroxylation is 1. The molecule has 0 bridgehead atoms. The second-order valence-corrected chi connectivity index (χ2v) is 8.75. The molecule has 0 saturated carbocycles. The van der Waals surface area contributed by atoms with Gasteiger partial charge in [-0.2, -0.15) is 0 Å². The first-order valence-corrected chi connectivity index (χ1v) is 9.61. The number of sulfonamides is 1. The van der Waals surface area contributed by atoms with Crippen LogP contribution >= 0.6 is 0 Å². The van der Waals surface area contributed by atoms with E-state index in [-0.39, 0.29) is 6.04 Å². The molecule has 0 fully saturated rings. The Hall–Kier alpha value is -1.92. The van der Waals surface area contributed by atoms with Crippen LogP contribution in [0.1, 0.15) is 30.7 Å². The topological polar surface area (TPSA) is 68.3 Å². The van der Waals surface area contributed by atoms with Gasteiger partial charge in [0, 0.05) is 11.7 Å². The van der Waals surface area contributed by atoms with Crippen molar-refractivity contribution in [1.82, 2.24) is 9.71 Å². The highest BCUT2D eigenvalue weighted by Gasteiger charge is 2.27. The zero-order chi connectivity index (χ0) is 17.3. The Morgan fingerprint density at radius 1 is 1.12 bits per heavy atom. The van der Waals surface area contributed by atoms with E-state index < -0.39 is 15.3 Å². The first kappa shape index (κ1) is 16.9. The number of benzene rings is 1. The predicted octanol–water partition coefficient (Wildman–Crippen LogP) is 2.98. The molecule has 1 N–H and O–H groups in total. The Labute approximate surface area is 143 Å². The highest BCUT2D eigenvalue weighted by molar-refractivity contribution is 7.90. The van der Waals surface area contributed by atoms with Crippen LogP contribution in [-0.2, 0) is 22.9 Å². The van der Waals surface area contributed by atoms with Crippen molar-refractivity contribution in [2.75, 3.05) is 0 Å². The number of pyridine rings is 1. The Kier molecular flexibility index (Phi) is 4.60. The Morgan fingerprint density at radius 2 is 1.83 bits per heavy atom. The van der Waals surface area contributed by atoms with E-state index in [0.29, 0.717) is 18.6 Å². The molecule has 24 heavy (non-hydrogen) atoms. The lowest BCUT2D eigenvalue weighted by molar-refractivity contribution is 0.479. The zero-order valence-corrected chi connectivity index (χ0v) is 14.9. The second-order valence-electron chi connectivity index (χ2n) is 6.48. The van der Waals surface area contributed by atoms with Gasteiger partial charge in [0.05, 0.1) is 11.4 Å². The van der Waals surface area contributed by atoms with E-state index in [2.05, 4.69) is 9.71 Å². The molecule has 2 aromatic rings. The molecule has 0 unspecified atom stereocenters. The van der Waals surface area contributed by atoms with Gasteiger partial charge in [0.1, 0.15) is 11.5 Å². The molecule has 3 rings (SSSR count). The van der Waals surface area contributed by atoms with Crippen LogP contribution in [0.25, 0.3) is 0 Å². The van der Waals surface area contributed by atoms with Gasteiger partial charge in [0.15, 0.2) is 0 Å². The summed E-state index contributed by atoms with van der Waals surface area (Å²) in [6.45, 7) is 5.30. The van der Waals surface area contributed by atoms with Crippen LogP contribution in [0.4, 0.5) is 0 Å². The van der Waals surface area contributed by atoms with Gasteiger partial charge in [-0.3, -0.25) is 4.98 Å². The van der Waals surface area contributed by atoms with Gasteiger partial charge in [-0.05, 0) is 69.0 Å². The van der Waals surface area contributed by atoms with Crippen molar-refractivity contribution in [2.24, 2.45) is 0 Å². The molecule has 0 amide bonds. The first-order valence-electron chi connectivity index (χ1n) is 8.07. The normalized spacial score (nSPS) is 17.1. The summed E-state index contributed by atoms with van der Waals surface area (Å²) in [5.74, 6) is 1.43. The van der Waals surface area contributed by atoms with Crippen molar-refractivity contribution < 1.29 is 13.2 Å². The molecule has 1 atom stereocenters. The molecular weight excluding hydrogens is 324 g/mol. The summed E-state index contributed by atoms with van der Waals surface area (Å²) in [4.78, 5) is 4.21. The Balaban J connectivity index is 1.71. The molecular formula is C18H22N2O3S. The quantitative estimate of drug-likeness (QED) is 0.904. The summed E-state index contributed by atoms with van der Waals surface area (Å²) in [5.41, 5.74) is 3.24. The van der Waals surface area contributed by atoms with Gasteiger partial charge < -0.3 is 4.74 Å². The highest BCUT2D eigenvalue weighted by atomic mass is 32.2. The van der Waals surface area contributed by atoms with Crippen molar-refractivity contribution in [2.45, 2.75) is 44.9 Å². The Morgan fingerprint density at radius 3 is 2.50 bits per heavy atom. The standard InChI is InChI=1S/C18H22N2O3S/c1-12(2)24(21,22)20-16-8-14-5-7-17(10-15(14)9-16)23-18-6-4-13(3)19-11-18/h4-7,10-12,16,20H,8-9H2,1-3H3/t16-/m0/s1. The van der Waals surface area contributed by atoms with Gasteiger partial charge in [-0.1, -0.05) is 6.07 Å². The van der Waals surface area contributed by atoms with Crippen molar-refractivity contribution >= 4 is 10.0 Å². The number of rotatable bonds is 5. The van der Waals surface area contributed by atoms with Gasteiger partial charge in [0.2, 0.25) is 10.0 Å². The third-order valence-electron chi connectivity index (χ3n) is 4.18. The summed E-state index contributed by atoms with van der Waals surface area (Å²) in [6, 6.07) is 9.62. The molecule has 0 aliphatic heterocycles. The molecule has 0 saturated heterocycles. The summed E-state index contributed by atoms with van der Waals surface area (Å²) < 4.78 is 32.7. The summed E-state index contributed by atoms with van der Waals surface area (Å²) >= 11 is 0. The maximum Gasteiger partial charge on any atom is 0.214 e. The lowest BCUT2D eigenvalue weighted by Gasteiger charge is -2.14. The van der Waals surface area contributed by atoms with E-state index in [1.54, 1.807) is 20.0 Å². The smallest absolute Gasteiger partial charge is 0.214 e. The van der Waals surface area contributed by atoms with Crippen molar-refractivity contribution in [1.29, 1.82) is 0 Å². The predicted molar refractivity (Wildman–Crippen MR) is 93.9 cm³/mol. The molecule has 1 aliphatic carbocycles. The number of fused-ring (bicyclic) bond motifs is 1. The van der Waals surface area contributed by atoms with Gasteiger partial charge in [0.25, 0.3) is 0 Å². The Bertz CT molecular complexity index is 830. The fourth-order valence-electron chi connectivity index (χ4n) is 2.76. The van der Waals surface area contributed by atoms with Gasteiger partial charge >= 0.3 is 0 Å². The van der Waals surface area contributed by atoms with Crippen LogP contribution in [-0.4, -0.2) is 24.7 Å². The van der Waals surface area contributed by atoms with E-state index in [9.17, 15) is 8.42 Å². The minimum Gasteiger partial charge on any atom is -0.456 e. The molecule has 1 aromatic carbocycles. The number of hydrogen-bond acceptors (Lipinski definition) is 4. The van der Waals surface area contributed by atoms with E-state index in [4.69, 9.17) is 4.74 Å². The number of aromatic nitrogens is 1. The van der Waals surface area contributed by atoms with Crippen LogP contribution < -0.4 is 9.46 Å². The maximum atomic E-state index is 12.0. The fourth-order valence-corrected chi connectivity index (χ4v) is 3.66. The van der Waals surface area contributed by atoms with Crippen molar-refractivity contribution in [3.8, 4) is 11.5 Å². The van der Waals surface area contributed by atoms with E-state index in [1.165, 1.54) is 5.56 Å². The van der Waals surface area contributed by atoms with Crippen LogP contribution in [0.5, 0.6) is 11.5 Å². The number of hydrogen-bond donors (Lipinski definition) is 1. The number of nitrogens with zero attached hydrogens (tertiary/aromatic N) is 1. The molecule has 6 heteroatoms. The highest BCUT2D eigenvalue weighted by Crippen LogP contribution is 2.29. The third kappa shape index (κ3) is 3.76. The number of ether oxygens (including phenoxy) is 1. The van der Waals surface area contributed by atoms with Crippen LogP contribution in [0.3, 0.4) is 0 Å². The summed E-state index contributed by atoms with van der Waals surface area (Å²) in [7, 11) is -3.25. The molecule has 128 valence electrons. The van der Waals surface area contributed by atoms with E-state index in [0.717, 1.165) is 17.0 Å². The minimum absolute atomic E-state index is 0.0799. The minimum atomic E-state index is -3.25. The summed E-state index contributed by atoms with van der Waals surface area (Å²) in [6.07, 6.45) is 3.10. The monoisotopic (exact) mass is 346 g/mol. The fraction of sp³-hybridized carbons (Fsp3) is 0.389. The molecule has 1 heterocycles. The van der Waals surface area contributed by atoms with Crippen molar-refractivity contribution in [3.05, 3.63) is 53.3 Å². The first-order chi connectivity index (χ1) is 11.3. The van der Waals surface area contributed by atoms with Crippen LogP contribution in [0.15, 0.2) is 36.5 Å². The third-order valence-corrected chi connectivity index (χ3v) is 6.08. The van der Waals surface area contributed by atoms with Gasteiger partial charge in [-0.25, -0.2) is 13.1 Å². The largest absolute Gasteiger partial charge is 0.456 e. The van der Waals surface area contributed by atoms with Gasteiger partial charge in [-0.15, -0.1) is 0 Å². The lowest BCUT2D eigenvalue weighted by atomic mass is 10.1. The van der Waals surface area contributed by atoms with E-state index >= 15 is 0 Å². The SMILES string of the molecule is Cc1ccc(Oc2ccc3c(c2)C[C@@H](NS(=O)(=O)C(C)C)C3)cn1. The molecule has 1 aliphatic rings. The zero-order valence-electron chi connectivity index (χ0n) is 14.1. The van der Waals surface area contributed by atoms with E-state index in [1.807, 2.05) is 37.3 Å². The summed E-state index contributed by atoms with van der Waals surface area (Å²) in [5, 5.41) is -0.422. The maximum absolute atomic E-state index is 12.0. The molecule has 5 nitrogen and oxygen atoms in total.